The van der Waals surface area contributed by atoms with Crippen LogP contribution in [0.4, 0.5) is 13.2 Å². The number of alkyl halides is 3. The molecule has 0 rings (SSSR count). The van der Waals surface area contributed by atoms with Crippen molar-refractivity contribution in [2.75, 3.05) is 13.2 Å². The molecule has 0 aromatic rings. The number of amides is 1. The SMILES string of the molecule is CCCCOP(=O)(OCCCC)C(CCC)NC(=O)C(F)(F)F. The Hall–Kier alpha value is -0.590. The third-order valence-electron chi connectivity index (χ3n) is 3.04. The van der Waals surface area contributed by atoms with E-state index in [1.54, 1.807) is 12.2 Å². The van der Waals surface area contributed by atoms with Crippen LogP contribution in [0.1, 0.15) is 59.3 Å². The molecule has 0 aromatic carbocycles. The maximum Gasteiger partial charge on any atom is 0.471 e. The van der Waals surface area contributed by atoms with Gasteiger partial charge in [-0.3, -0.25) is 9.36 Å². The fraction of sp³-hybridized carbons (Fsp3) is 0.929. The molecule has 0 aromatic heterocycles. The van der Waals surface area contributed by atoms with Gasteiger partial charge in [0.05, 0.1) is 13.2 Å². The van der Waals surface area contributed by atoms with Crippen LogP contribution >= 0.6 is 7.60 Å². The molecule has 1 atom stereocenters. The van der Waals surface area contributed by atoms with Crippen molar-refractivity contribution in [1.82, 2.24) is 5.32 Å². The van der Waals surface area contributed by atoms with Crippen LogP contribution in [0.2, 0.25) is 0 Å². The highest BCUT2D eigenvalue weighted by molar-refractivity contribution is 7.54. The average Bonchev–Trinajstić information content (AvgIpc) is 2.46. The second-order valence-electron chi connectivity index (χ2n) is 5.19. The Kier molecular flexibility index (Phi) is 10.8. The summed E-state index contributed by atoms with van der Waals surface area (Å²) in [5.74, 6) is -3.43. The van der Waals surface area contributed by atoms with Gasteiger partial charge in [0.2, 0.25) is 0 Å². The van der Waals surface area contributed by atoms with E-state index >= 15 is 0 Å². The Bertz CT molecular complexity index is 377. The largest absolute Gasteiger partial charge is 0.471 e. The number of rotatable bonds is 12. The molecular weight excluding hydrogens is 334 g/mol. The number of carbonyl (C=O) groups is 1. The second-order valence-corrected chi connectivity index (χ2v) is 7.41. The standard InChI is InChI=1S/C14H27F3NO4P/c1-4-7-10-21-23(20,22-11-8-5-2)12(9-6-3)18-13(19)14(15,16)17/h12H,4-11H2,1-3H3,(H,18,19). The highest BCUT2D eigenvalue weighted by atomic mass is 31.2. The van der Waals surface area contributed by atoms with Crippen molar-refractivity contribution in [2.45, 2.75) is 71.3 Å². The van der Waals surface area contributed by atoms with Gasteiger partial charge in [-0.15, -0.1) is 0 Å². The van der Waals surface area contributed by atoms with Crippen LogP contribution in [0.3, 0.4) is 0 Å². The lowest BCUT2D eigenvalue weighted by atomic mass is 10.3. The van der Waals surface area contributed by atoms with E-state index in [4.69, 9.17) is 9.05 Å². The maximum atomic E-state index is 12.9. The quantitative estimate of drug-likeness (QED) is 0.407. The molecule has 1 N–H and O–H groups in total. The van der Waals surface area contributed by atoms with Crippen LogP contribution in [0.5, 0.6) is 0 Å². The molecule has 0 saturated heterocycles. The highest BCUT2D eigenvalue weighted by Crippen LogP contribution is 2.54. The Morgan fingerprint density at radius 2 is 1.52 bits per heavy atom. The van der Waals surface area contributed by atoms with E-state index in [2.05, 4.69) is 0 Å². The minimum Gasteiger partial charge on any atom is -0.334 e. The zero-order valence-electron chi connectivity index (χ0n) is 13.9. The Balaban J connectivity index is 5.12. The zero-order chi connectivity index (χ0) is 17.9. The van der Waals surface area contributed by atoms with Gasteiger partial charge in [0, 0.05) is 0 Å². The van der Waals surface area contributed by atoms with Gasteiger partial charge in [-0.1, -0.05) is 40.0 Å². The predicted octanol–water partition coefficient (Wildman–Crippen LogP) is 4.62. The Morgan fingerprint density at radius 1 is 1.04 bits per heavy atom. The van der Waals surface area contributed by atoms with Crippen molar-refractivity contribution in [2.24, 2.45) is 0 Å². The molecule has 23 heavy (non-hydrogen) atoms. The third kappa shape index (κ3) is 8.72. The molecule has 1 unspecified atom stereocenters. The van der Waals surface area contributed by atoms with Gasteiger partial charge in [0.15, 0.2) is 0 Å². The first kappa shape index (κ1) is 22.4. The zero-order valence-corrected chi connectivity index (χ0v) is 14.8. The molecule has 0 aliphatic heterocycles. The van der Waals surface area contributed by atoms with Crippen molar-refractivity contribution in [3.8, 4) is 0 Å². The van der Waals surface area contributed by atoms with E-state index in [-0.39, 0.29) is 19.6 Å². The number of halogens is 3. The summed E-state index contributed by atoms with van der Waals surface area (Å²) in [6.07, 6.45) is -1.76. The Morgan fingerprint density at radius 3 is 1.87 bits per heavy atom. The smallest absolute Gasteiger partial charge is 0.334 e. The topological polar surface area (TPSA) is 64.6 Å². The summed E-state index contributed by atoms with van der Waals surface area (Å²) >= 11 is 0. The van der Waals surface area contributed by atoms with Crippen LogP contribution in [0.15, 0.2) is 0 Å². The molecule has 1 amide bonds. The number of hydrogen-bond donors (Lipinski definition) is 1. The monoisotopic (exact) mass is 361 g/mol. The van der Waals surface area contributed by atoms with Crippen LogP contribution < -0.4 is 5.32 Å². The van der Waals surface area contributed by atoms with Crippen molar-refractivity contribution < 1.29 is 31.6 Å². The lowest BCUT2D eigenvalue weighted by Crippen LogP contribution is -2.43. The van der Waals surface area contributed by atoms with E-state index in [0.29, 0.717) is 19.3 Å². The van der Waals surface area contributed by atoms with Gasteiger partial charge in [-0.2, -0.15) is 13.2 Å². The van der Waals surface area contributed by atoms with Gasteiger partial charge >= 0.3 is 19.7 Å². The first-order valence-corrected chi connectivity index (χ1v) is 9.58. The van der Waals surface area contributed by atoms with E-state index in [0.717, 1.165) is 12.8 Å². The summed E-state index contributed by atoms with van der Waals surface area (Å²) in [7, 11) is -3.86. The second kappa shape index (κ2) is 11.0. The molecule has 0 aliphatic rings. The molecule has 0 spiro atoms. The van der Waals surface area contributed by atoms with Gasteiger partial charge in [-0.05, 0) is 19.3 Å². The first-order valence-electron chi connectivity index (χ1n) is 7.97. The lowest BCUT2D eigenvalue weighted by molar-refractivity contribution is -0.174. The summed E-state index contributed by atoms with van der Waals surface area (Å²) in [6, 6.07) is 0. The van der Waals surface area contributed by atoms with Gasteiger partial charge in [-0.25, -0.2) is 0 Å². The normalized spacial score (nSPS) is 13.8. The molecular formula is C14H27F3NO4P. The van der Waals surface area contributed by atoms with Crippen LogP contribution in [0.25, 0.3) is 0 Å². The first-order chi connectivity index (χ1) is 10.7. The summed E-state index contributed by atoms with van der Waals surface area (Å²) in [5.41, 5.74) is 0. The van der Waals surface area contributed by atoms with Crippen LogP contribution in [-0.4, -0.2) is 31.1 Å². The van der Waals surface area contributed by atoms with Crippen molar-refractivity contribution in [1.29, 1.82) is 0 Å². The molecule has 0 bridgehead atoms. The fourth-order valence-electron chi connectivity index (χ4n) is 1.71. The van der Waals surface area contributed by atoms with E-state index in [9.17, 15) is 22.5 Å². The molecule has 5 nitrogen and oxygen atoms in total. The molecule has 9 heteroatoms. The minimum atomic E-state index is -5.04. The summed E-state index contributed by atoms with van der Waals surface area (Å²) < 4.78 is 60.9. The fourth-order valence-corrected chi connectivity index (χ4v) is 3.76. The lowest BCUT2D eigenvalue weighted by Gasteiger charge is -2.27. The molecule has 0 aliphatic carbocycles. The summed E-state index contributed by atoms with van der Waals surface area (Å²) in [5, 5.41) is 1.78. The van der Waals surface area contributed by atoms with Crippen molar-refractivity contribution in [3.05, 3.63) is 0 Å². The number of carbonyl (C=O) groups excluding carboxylic acids is 1. The van der Waals surface area contributed by atoms with Gasteiger partial charge in [0.25, 0.3) is 0 Å². The van der Waals surface area contributed by atoms with Crippen LogP contribution in [0, 0.1) is 0 Å². The molecule has 0 fully saturated rings. The van der Waals surface area contributed by atoms with E-state index in [1.807, 2.05) is 13.8 Å². The Labute approximate surface area is 135 Å². The van der Waals surface area contributed by atoms with Crippen LogP contribution in [-0.2, 0) is 18.4 Å². The summed E-state index contributed by atoms with van der Waals surface area (Å²) in [4.78, 5) is 11.2. The highest BCUT2D eigenvalue weighted by Gasteiger charge is 2.44. The number of nitrogens with one attached hydrogen (secondary N) is 1. The maximum absolute atomic E-state index is 12.9. The summed E-state index contributed by atoms with van der Waals surface area (Å²) in [6.45, 7) is 5.75. The van der Waals surface area contributed by atoms with Gasteiger partial charge < -0.3 is 14.4 Å². The average molecular weight is 361 g/mol. The molecule has 0 saturated carbocycles. The van der Waals surface area contributed by atoms with Crippen molar-refractivity contribution in [3.63, 3.8) is 0 Å². The molecule has 0 heterocycles. The minimum absolute atomic E-state index is 0.0807. The number of unbranched alkanes of at least 4 members (excludes halogenated alkanes) is 2. The predicted molar refractivity (Wildman–Crippen MR) is 82.2 cm³/mol. The molecule has 138 valence electrons. The third-order valence-corrected chi connectivity index (χ3v) is 5.27. The molecule has 0 radical (unpaired) electrons. The van der Waals surface area contributed by atoms with Gasteiger partial charge in [0.1, 0.15) is 5.78 Å². The number of hydrogen-bond acceptors (Lipinski definition) is 4. The van der Waals surface area contributed by atoms with E-state index < -0.39 is 25.5 Å². The van der Waals surface area contributed by atoms with E-state index in [1.165, 1.54) is 0 Å². The van der Waals surface area contributed by atoms with Crippen molar-refractivity contribution >= 4 is 13.5 Å².